The van der Waals surface area contributed by atoms with E-state index in [0.29, 0.717) is 16.7 Å². The van der Waals surface area contributed by atoms with Crippen molar-refractivity contribution < 1.29 is 13.9 Å². The maximum absolute atomic E-state index is 13.1. The van der Waals surface area contributed by atoms with Gasteiger partial charge in [-0.1, -0.05) is 42.1 Å². The second-order valence-electron chi connectivity index (χ2n) is 7.31. The molecule has 4 rings (SSSR count). The minimum atomic E-state index is -0.365. The minimum Gasteiger partial charge on any atom is -0.484 e. The molecule has 0 aliphatic heterocycles. The molecule has 6 nitrogen and oxygen atoms in total. The second-order valence-corrected chi connectivity index (χ2v) is 8.61. The zero-order valence-corrected chi connectivity index (χ0v) is 18.2. The van der Waals surface area contributed by atoms with Crippen molar-refractivity contribution in [1.29, 1.82) is 0 Å². The molecule has 30 heavy (non-hydrogen) atoms. The first-order valence-electron chi connectivity index (χ1n) is 9.73. The van der Waals surface area contributed by atoms with Crippen molar-refractivity contribution in [3.63, 3.8) is 0 Å². The summed E-state index contributed by atoms with van der Waals surface area (Å²) in [6.45, 7) is 7.96. The molecule has 2 heterocycles. The number of aryl methyl sites for hydroxylation is 3. The number of hydrogen-bond donors (Lipinski definition) is 1. The Labute approximate surface area is 179 Å². The van der Waals surface area contributed by atoms with Gasteiger partial charge < -0.3 is 14.1 Å². The number of H-pyrrole nitrogens is 1. The Balaban J connectivity index is 1.43. The number of rotatable bonds is 7. The van der Waals surface area contributed by atoms with E-state index < -0.39 is 0 Å². The van der Waals surface area contributed by atoms with Crippen LogP contribution in [0.5, 0.6) is 5.75 Å². The molecule has 2 aromatic carbocycles. The van der Waals surface area contributed by atoms with E-state index in [1.807, 2.05) is 70.2 Å². The lowest BCUT2D eigenvalue weighted by atomic mass is 10.1. The van der Waals surface area contributed by atoms with Crippen LogP contribution in [-0.4, -0.2) is 26.2 Å². The van der Waals surface area contributed by atoms with Crippen molar-refractivity contribution in [2.45, 2.75) is 44.8 Å². The molecule has 154 valence electrons. The SMILES string of the molecule is Cc1ccc(C)c(OCc2nnc(SC(C)C(=O)c3c(C)[nH]c4ccccc34)o2)c1. The topological polar surface area (TPSA) is 81.0 Å². The fourth-order valence-electron chi connectivity index (χ4n) is 3.35. The number of ether oxygens (including phenoxy) is 1. The first-order chi connectivity index (χ1) is 14.4. The van der Waals surface area contributed by atoms with E-state index in [9.17, 15) is 4.79 Å². The van der Waals surface area contributed by atoms with Gasteiger partial charge in [0, 0.05) is 22.2 Å². The molecule has 0 fully saturated rings. The van der Waals surface area contributed by atoms with Crippen LogP contribution >= 0.6 is 11.8 Å². The summed E-state index contributed by atoms with van der Waals surface area (Å²) in [5.74, 6) is 1.20. The van der Waals surface area contributed by atoms with Gasteiger partial charge in [0.2, 0.25) is 0 Å². The average Bonchev–Trinajstić information content (AvgIpc) is 3.31. The van der Waals surface area contributed by atoms with Crippen LogP contribution in [-0.2, 0) is 6.61 Å². The third-order valence-corrected chi connectivity index (χ3v) is 5.86. The molecule has 4 aromatic rings. The second kappa shape index (κ2) is 8.36. The maximum atomic E-state index is 13.1. The summed E-state index contributed by atoms with van der Waals surface area (Å²) in [6, 6.07) is 13.8. The van der Waals surface area contributed by atoms with E-state index in [-0.39, 0.29) is 17.6 Å². The summed E-state index contributed by atoms with van der Waals surface area (Å²) in [6.07, 6.45) is 0. The van der Waals surface area contributed by atoms with E-state index >= 15 is 0 Å². The Hall–Kier alpha value is -3.06. The summed E-state index contributed by atoms with van der Waals surface area (Å²) < 4.78 is 11.5. The number of aromatic amines is 1. The molecule has 0 bridgehead atoms. The van der Waals surface area contributed by atoms with Crippen molar-refractivity contribution in [3.8, 4) is 5.75 Å². The van der Waals surface area contributed by atoms with Crippen molar-refractivity contribution in [3.05, 3.63) is 70.7 Å². The van der Waals surface area contributed by atoms with Crippen LogP contribution in [0.1, 0.15) is 40.0 Å². The molecule has 7 heteroatoms. The number of fused-ring (bicyclic) bond motifs is 1. The van der Waals surface area contributed by atoms with Gasteiger partial charge in [0.1, 0.15) is 5.75 Å². The maximum Gasteiger partial charge on any atom is 0.277 e. The lowest BCUT2D eigenvalue weighted by molar-refractivity contribution is 0.0994. The standard InChI is InChI=1S/C23H23N3O3S/c1-13-9-10-14(2)19(11-13)28-12-20-25-26-23(29-20)30-16(4)22(27)21-15(3)24-18-8-6-5-7-17(18)21/h5-11,16,24H,12H2,1-4H3. The van der Waals surface area contributed by atoms with Crippen molar-refractivity contribution in [2.75, 3.05) is 0 Å². The van der Waals surface area contributed by atoms with E-state index in [1.54, 1.807) is 0 Å². The highest BCUT2D eigenvalue weighted by Crippen LogP contribution is 2.29. The van der Waals surface area contributed by atoms with Crippen molar-refractivity contribution >= 4 is 28.4 Å². The Kier molecular flexibility index (Phi) is 5.63. The van der Waals surface area contributed by atoms with Gasteiger partial charge in [-0.3, -0.25) is 4.79 Å². The molecule has 0 radical (unpaired) electrons. The number of hydrogen-bond acceptors (Lipinski definition) is 6. The number of nitrogens with zero attached hydrogens (tertiary/aromatic N) is 2. The molecule has 0 aliphatic rings. The van der Waals surface area contributed by atoms with E-state index in [0.717, 1.165) is 33.5 Å². The molecule has 0 saturated carbocycles. The van der Waals surface area contributed by atoms with E-state index in [1.165, 1.54) is 11.8 Å². The molecule has 0 saturated heterocycles. The molecule has 0 spiro atoms. The molecule has 1 atom stereocenters. The Bertz CT molecular complexity index is 1210. The summed E-state index contributed by atoms with van der Waals surface area (Å²) >= 11 is 1.26. The number of ketones is 1. The number of benzene rings is 2. The minimum absolute atomic E-state index is 0.0290. The molecule has 0 amide bonds. The predicted octanol–water partition coefficient (Wildman–Crippen LogP) is 5.42. The quantitative estimate of drug-likeness (QED) is 0.317. The zero-order chi connectivity index (χ0) is 21.3. The van der Waals surface area contributed by atoms with Gasteiger partial charge in [0.05, 0.1) is 5.25 Å². The molecule has 0 aliphatic carbocycles. The smallest absolute Gasteiger partial charge is 0.277 e. The summed E-state index contributed by atoms with van der Waals surface area (Å²) in [4.78, 5) is 16.3. The highest BCUT2D eigenvalue weighted by molar-refractivity contribution is 8.00. The highest BCUT2D eigenvalue weighted by atomic mass is 32.2. The van der Waals surface area contributed by atoms with Gasteiger partial charge in [-0.2, -0.15) is 0 Å². The lowest BCUT2D eigenvalue weighted by Gasteiger charge is -2.08. The van der Waals surface area contributed by atoms with Crippen LogP contribution in [0.25, 0.3) is 10.9 Å². The number of aromatic nitrogens is 3. The lowest BCUT2D eigenvalue weighted by Crippen LogP contribution is -2.14. The third kappa shape index (κ3) is 4.11. The van der Waals surface area contributed by atoms with Gasteiger partial charge in [0.15, 0.2) is 12.4 Å². The van der Waals surface area contributed by atoms with Gasteiger partial charge in [-0.15, -0.1) is 10.2 Å². The number of nitrogens with one attached hydrogen (secondary N) is 1. The first-order valence-corrected chi connectivity index (χ1v) is 10.6. The molecule has 2 aromatic heterocycles. The number of para-hydroxylation sites is 1. The summed E-state index contributed by atoms with van der Waals surface area (Å²) in [5, 5.41) is 9.03. The fourth-order valence-corrected chi connectivity index (χ4v) is 4.11. The monoisotopic (exact) mass is 421 g/mol. The van der Waals surface area contributed by atoms with Gasteiger partial charge in [0.25, 0.3) is 11.1 Å². The Morgan fingerprint density at radius 3 is 2.80 bits per heavy atom. The number of carbonyl (C=O) groups is 1. The van der Waals surface area contributed by atoms with E-state index in [4.69, 9.17) is 9.15 Å². The van der Waals surface area contributed by atoms with Crippen LogP contribution in [0.3, 0.4) is 0 Å². The van der Waals surface area contributed by atoms with Crippen LogP contribution in [0, 0.1) is 20.8 Å². The number of thioether (sulfide) groups is 1. The average molecular weight is 422 g/mol. The summed E-state index contributed by atoms with van der Waals surface area (Å²) in [5.41, 5.74) is 4.70. The zero-order valence-electron chi connectivity index (χ0n) is 17.4. The Morgan fingerprint density at radius 2 is 1.97 bits per heavy atom. The molecule has 1 unspecified atom stereocenters. The highest BCUT2D eigenvalue weighted by Gasteiger charge is 2.24. The van der Waals surface area contributed by atoms with Crippen LogP contribution in [0.2, 0.25) is 0 Å². The van der Waals surface area contributed by atoms with Crippen molar-refractivity contribution in [1.82, 2.24) is 15.2 Å². The fraction of sp³-hybridized carbons (Fsp3) is 0.261. The van der Waals surface area contributed by atoms with Crippen LogP contribution in [0.4, 0.5) is 0 Å². The van der Waals surface area contributed by atoms with Gasteiger partial charge in [-0.25, -0.2) is 0 Å². The molecular formula is C23H23N3O3S. The number of carbonyl (C=O) groups excluding carboxylic acids is 1. The van der Waals surface area contributed by atoms with Gasteiger partial charge >= 0.3 is 0 Å². The van der Waals surface area contributed by atoms with E-state index in [2.05, 4.69) is 15.2 Å². The normalized spacial score (nSPS) is 12.3. The first kappa shape index (κ1) is 20.2. The summed E-state index contributed by atoms with van der Waals surface area (Å²) in [7, 11) is 0. The van der Waals surface area contributed by atoms with Crippen LogP contribution in [0.15, 0.2) is 52.1 Å². The van der Waals surface area contributed by atoms with Crippen LogP contribution < -0.4 is 4.74 Å². The largest absolute Gasteiger partial charge is 0.484 e. The molecular weight excluding hydrogens is 398 g/mol. The number of Topliss-reactive ketones (excluding diaryl/α,β-unsaturated/α-hetero) is 1. The Morgan fingerprint density at radius 1 is 1.17 bits per heavy atom. The van der Waals surface area contributed by atoms with Gasteiger partial charge in [-0.05, 0) is 51.0 Å². The van der Waals surface area contributed by atoms with Crippen molar-refractivity contribution in [2.24, 2.45) is 0 Å². The molecule has 1 N–H and O–H groups in total. The third-order valence-electron chi connectivity index (χ3n) is 4.93. The predicted molar refractivity (Wildman–Crippen MR) is 117 cm³/mol.